The summed E-state index contributed by atoms with van der Waals surface area (Å²) in [6.45, 7) is 3.52. The van der Waals surface area contributed by atoms with E-state index < -0.39 is 4.92 Å². The third-order valence-corrected chi connectivity index (χ3v) is 3.48. The first-order valence-corrected chi connectivity index (χ1v) is 6.62. The summed E-state index contributed by atoms with van der Waals surface area (Å²) >= 11 is 1.50. The number of rotatable bonds is 5. The number of aryl methyl sites for hydroxylation is 1. The van der Waals surface area contributed by atoms with E-state index in [1.807, 2.05) is 6.92 Å². The molecular weight excluding hydrogens is 280 g/mol. The largest absolute Gasteiger partial charge is 0.487 e. The fourth-order valence-electron chi connectivity index (χ4n) is 1.65. The van der Waals surface area contributed by atoms with Crippen LogP contribution in [0.4, 0.5) is 5.69 Å². The van der Waals surface area contributed by atoms with Crippen molar-refractivity contribution in [1.29, 1.82) is 0 Å². The maximum absolute atomic E-state index is 11.5. The number of carbonyl (C=O) groups excluding carboxylic acids is 1. The first-order chi connectivity index (χ1) is 9.47. The van der Waals surface area contributed by atoms with Gasteiger partial charge in [-0.3, -0.25) is 14.9 Å². The summed E-state index contributed by atoms with van der Waals surface area (Å²) in [5.41, 5.74) is 0.0802. The van der Waals surface area contributed by atoms with Gasteiger partial charge in [-0.25, -0.2) is 4.98 Å². The number of aromatic nitrogens is 1. The SMILES string of the molecule is CC(=O)c1cc([N+](=O)[O-])ccc1OCc1cnc(C)s1. The maximum atomic E-state index is 11.5. The molecule has 6 nitrogen and oxygen atoms in total. The number of non-ortho nitro benzene ring substituents is 1. The topological polar surface area (TPSA) is 82.3 Å². The summed E-state index contributed by atoms with van der Waals surface area (Å²) in [5.74, 6) is 0.0679. The third kappa shape index (κ3) is 3.18. The Kier molecular flexibility index (Phi) is 4.09. The Morgan fingerprint density at radius 2 is 2.25 bits per heavy atom. The molecule has 1 aromatic heterocycles. The Bertz CT molecular complexity index is 666. The number of thiazole rings is 1. The molecule has 1 heterocycles. The van der Waals surface area contributed by atoms with Crippen LogP contribution in [0.25, 0.3) is 0 Å². The van der Waals surface area contributed by atoms with E-state index in [-0.39, 0.29) is 23.6 Å². The predicted molar refractivity (Wildman–Crippen MR) is 74.3 cm³/mol. The van der Waals surface area contributed by atoms with Crippen LogP contribution in [0.5, 0.6) is 5.75 Å². The number of nitrogens with zero attached hydrogens (tertiary/aromatic N) is 2. The van der Waals surface area contributed by atoms with Gasteiger partial charge in [0.25, 0.3) is 5.69 Å². The van der Waals surface area contributed by atoms with E-state index in [0.717, 1.165) is 9.88 Å². The third-order valence-electron chi connectivity index (χ3n) is 2.59. The van der Waals surface area contributed by atoms with Gasteiger partial charge >= 0.3 is 0 Å². The molecule has 0 bridgehead atoms. The Morgan fingerprint density at radius 1 is 1.50 bits per heavy atom. The van der Waals surface area contributed by atoms with Gasteiger partial charge in [-0.2, -0.15) is 0 Å². The summed E-state index contributed by atoms with van der Waals surface area (Å²) in [6.07, 6.45) is 1.71. The van der Waals surface area contributed by atoms with Gasteiger partial charge in [-0.15, -0.1) is 11.3 Å². The second kappa shape index (κ2) is 5.79. The number of nitro benzene ring substituents is 1. The second-order valence-electron chi connectivity index (χ2n) is 4.13. The van der Waals surface area contributed by atoms with Crippen LogP contribution in [0, 0.1) is 17.0 Å². The quantitative estimate of drug-likeness (QED) is 0.480. The van der Waals surface area contributed by atoms with E-state index >= 15 is 0 Å². The Balaban J connectivity index is 2.22. The molecule has 1 aromatic carbocycles. The minimum absolute atomic E-state index is 0.129. The normalized spacial score (nSPS) is 10.3. The molecule has 0 unspecified atom stereocenters. The standard InChI is InChI=1S/C13H12N2O4S/c1-8(16)12-5-10(15(17)18)3-4-13(12)19-7-11-6-14-9(2)20-11/h3-6H,7H2,1-2H3. The first kappa shape index (κ1) is 14.1. The van der Waals surface area contributed by atoms with E-state index in [1.54, 1.807) is 6.20 Å². The molecule has 0 saturated heterocycles. The van der Waals surface area contributed by atoms with Crippen molar-refractivity contribution in [3.8, 4) is 5.75 Å². The fraction of sp³-hybridized carbons (Fsp3) is 0.231. The van der Waals surface area contributed by atoms with Crippen LogP contribution in [-0.4, -0.2) is 15.7 Å². The van der Waals surface area contributed by atoms with Crippen LogP contribution >= 0.6 is 11.3 Å². The van der Waals surface area contributed by atoms with Crippen molar-refractivity contribution in [3.63, 3.8) is 0 Å². The van der Waals surface area contributed by atoms with Gasteiger partial charge in [-0.05, 0) is 19.9 Å². The zero-order valence-corrected chi connectivity index (χ0v) is 11.8. The van der Waals surface area contributed by atoms with Crippen LogP contribution in [0.15, 0.2) is 24.4 Å². The molecule has 0 spiro atoms. The number of hydrogen-bond acceptors (Lipinski definition) is 6. The van der Waals surface area contributed by atoms with Crippen molar-refractivity contribution in [1.82, 2.24) is 4.98 Å². The Labute approximate surface area is 119 Å². The lowest BCUT2D eigenvalue weighted by molar-refractivity contribution is -0.384. The molecule has 20 heavy (non-hydrogen) atoms. The van der Waals surface area contributed by atoms with Gasteiger partial charge in [-0.1, -0.05) is 0 Å². The van der Waals surface area contributed by atoms with Crippen LogP contribution in [-0.2, 0) is 6.61 Å². The number of benzene rings is 1. The second-order valence-corrected chi connectivity index (χ2v) is 5.45. The van der Waals surface area contributed by atoms with Crippen molar-refractivity contribution >= 4 is 22.8 Å². The van der Waals surface area contributed by atoms with E-state index in [4.69, 9.17) is 4.74 Å². The molecule has 2 aromatic rings. The summed E-state index contributed by atoms with van der Waals surface area (Å²) in [6, 6.07) is 4.00. The smallest absolute Gasteiger partial charge is 0.270 e. The van der Waals surface area contributed by atoms with Crippen LogP contribution in [0.3, 0.4) is 0 Å². The van der Waals surface area contributed by atoms with Gasteiger partial charge in [0.1, 0.15) is 12.4 Å². The first-order valence-electron chi connectivity index (χ1n) is 5.81. The van der Waals surface area contributed by atoms with Crippen molar-refractivity contribution in [2.24, 2.45) is 0 Å². The molecule has 0 radical (unpaired) electrons. The predicted octanol–water partition coefficient (Wildman–Crippen LogP) is 3.14. The average molecular weight is 292 g/mol. The molecule has 0 saturated carbocycles. The number of hydrogen-bond donors (Lipinski definition) is 0. The monoisotopic (exact) mass is 292 g/mol. The molecule has 2 rings (SSSR count). The van der Waals surface area contributed by atoms with Gasteiger partial charge in [0, 0.05) is 18.3 Å². The zero-order valence-electron chi connectivity index (χ0n) is 11.0. The summed E-state index contributed by atoms with van der Waals surface area (Å²) < 4.78 is 5.56. The molecule has 7 heteroatoms. The van der Waals surface area contributed by atoms with E-state index in [0.29, 0.717) is 5.75 Å². The highest BCUT2D eigenvalue weighted by Crippen LogP contribution is 2.26. The van der Waals surface area contributed by atoms with Crippen molar-refractivity contribution in [3.05, 3.63) is 50.0 Å². The number of ketones is 1. The number of carbonyl (C=O) groups is 1. The summed E-state index contributed by atoms with van der Waals surface area (Å²) in [4.78, 5) is 26.8. The molecule has 0 N–H and O–H groups in total. The summed E-state index contributed by atoms with van der Waals surface area (Å²) in [7, 11) is 0. The molecule has 104 valence electrons. The molecule has 0 aliphatic carbocycles. The number of Topliss-reactive ketones (excluding diaryl/α,β-unsaturated/α-hetero) is 1. The van der Waals surface area contributed by atoms with Gasteiger partial charge < -0.3 is 4.74 Å². The summed E-state index contributed by atoms with van der Waals surface area (Å²) in [5, 5.41) is 11.6. The van der Waals surface area contributed by atoms with E-state index in [2.05, 4.69) is 4.98 Å². The number of nitro groups is 1. The molecule has 0 aliphatic rings. The minimum Gasteiger partial charge on any atom is -0.487 e. The molecular formula is C13H12N2O4S. The van der Waals surface area contributed by atoms with E-state index in [1.165, 1.54) is 36.5 Å². The molecule has 0 fully saturated rings. The fourth-order valence-corrected chi connectivity index (χ4v) is 2.36. The van der Waals surface area contributed by atoms with Crippen molar-refractivity contribution in [2.45, 2.75) is 20.5 Å². The van der Waals surface area contributed by atoms with Gasteiger partial charge in [0.15, 0.2) is 5.78 Å². The molecule has 0 aliphatic heterocycles. The minimum atomic E-state index is -0.539. The zero-order chi connectivity index (χ0) is 14.7. The highest BCUT2D eigenvalue weighted by atomic mass is 32.1. The lowest BCUT2D eigenvalue weighted by atomic mass is 10.1. The lowest BCUT2D eigenvalue weighted by Gasteiger charge is -2.08. The molecule has 0 atom stereocenters. The highest BCUT2D eigenvalue weighted by Gasteiger charge is 2.15. The van der Waals surface area contributed by atoms with Crippen LogP contribution in [0.2, 0.25) is 0 Å². The van der Waals surface area contributed by atoms with Crippen molar-refractivity contribution < 1.29 is 14.5 Å². The van der Waals surface area contributed by atoms with Crippen LogP contribution in [0.1, 0.15) is 27.2 Å². The Hall–Kier alpha value is -2.28. The van der Waals surface area contributed by atoms with Gasteiger partial charge in [0.05, 0.1) is 20.4 Å². The van der Waals surface area contributed by atoms with Crippen molar-refractivity contribution in [2.75, 3.05) is 0 Å². The van der Waals surface area contributed by atoms with Crippen LogP contribution < -0.4 is 4.74 Å². The average Bonchev–Trinajstić information content (AvgIpc) is 2.81. The Morgan fingerprint density at radius 3 is 2.80 bits per heavy atom. The maximum Gasteiger partial charge on any atom is 0.270 e. The number of ether oxygens (including phenoxy) is 1. The lowest BCUT2D eigenvalue weighted by Crippen LogP contribution is -2.02. The molecule has 0 amide bonds. The highest BCUT2D eigenvalue weighted by molar-refractivity contribution is 7.11. The van der Waals surface area contributed by atoms with Gasteiger partial charge in [0.2, 0.25) is 0 Å². The van der Waals surface area contributed by atoms with E-state index in [9.17, 15) is 14.9 Å².